The molecule has 128 valence electrons. The number of nitro benzene ring substituents is 1. The largest absolute Gasteiger partial charge is 0.497 e. The minimum atomic E-state index is -0.467. The van der Waals surface area contributed by atoms with E-state index in [0.717, 1.165) is 17.0 Å². The summed E-state index contributed by atoms with van der Waals surface area (Å²) in [5.41, 5.74) is 2.24. The molecular formula is C19H13N3O3S. The molecule has 0 unspecified atom stereocenters. The predicted molar refractivity (Wildman–Crippen MR) is 101 cm³/mol. The third-order valence-corrected chi connectivity index (χ3v) is 4.55. The van der Waals surface area contributed by atoms with Gasteiger partial charge in [-0.15, -0.1) is 11.3 Å². The van der Waals surface area contributed by atoms with Crippen molar-refractivity contribution in [3.05, 3.63) is 74.6 Å². The van der Waals surface area contributed by atoms with E-state index in [1.807, 2.05) is 29.6 Å². The van der Waals surface area contributed by atoms with Crippen LogP contribution in [-0.4, -0.2) is 17.0 Å². The second-order valence-electron chi connectivity index (χ2n) is 5.25. The maximum Gasteiger partial charge on any atom is 0.276 e. The SMILES string of the molecule is COc1ccc(-c2csc(/C(C#N)=C\c3ccccc3[N+](=O)[O-])n2)cc1. The molecule has 0 spiro atoms. The molecule has 0 fully saturated rings. The Bertz CT molecular complexity index is 1020. The number of methoxy groups -OCH3 is 1. The normalized spacial score (nSPS) is 11.0. The molecule has 0 aliphatic rings. The van der Waals surface area contributed by atoms with Gasteiger partial charge in [-0.05, 0) is 36.4 Å². The van der Waals surface area contributed by atoms with E-state index in [0.29, 0.717) is 10.6 Å². The first-order valence-electron chi connectivity index (χ1n) is 7.58. The molecule has 7 heteroatoms. The third kappa shape index (κ3) is 3.61. The van der Waals surface area contributed by atoms with E-state index in [2.05, 4.69) is 11.1 Å². The van der Waals surface area contributed by atoms with E-state index in [4.69, 9.17) is 4.74 Å². The summed E-state index contributed by atoms with van der Waals surface area (Å²) in [7, 11) is 1.60. The molecule has 6 nitrogen and oxygen atoms in total. The average Bonchev–Trinajstić information content (AvgIpc) is 3.16. The molecule has 0 aliphatic carbocycles. The van der Waals surface area contributed by atoms with E-state index in [1.54, 1.807) is 25.3 Å². The number of thiazole rings is 1. The number of benzene rings is 2. The topological polar surface area (TPSA) is 89.0 Å². The number of hydrogen-bond donors (Lipinski definition) is 0. The Morgan fingerprint density at radius 1 is 1.27 bits per heavy atom. The fourth-order valence-corrected chi connectivity index (χ4v) is 3.16. The maximum atomic E-state index is 11.1. The number of allylic oxidation sites excluding steroid dienone is 1. The van der Waals surface area contributed by atoms with Crippen molar-refractivity contribution in [3.63, 3.8) is 0 Å². The molecule has 0 aliphatic heterocycles. The van der Waals surface area contributed by atoms with Gasteiger partial charge in [0.2, 0.25) is 0 Å². The summed E-state index contributed by atoms with van der Waals surface area (Å²) in [6.07, 6.45) is 1.49. The van der Waals surface area contributed by atoms with Gasteiger partial charge in [-0.25, -0.2) is 4.98 Å². The Kier molecular flexibility index (Phi) is 5.06. The standard InChI is InChI=1S/C19H13N3O3S/c1-25-16-8-6-13(7-9-16)17-12-26-19(21-17)15(11-20)10-14-4-2-3-5-18(14)22(23)24/h2-10,12H,1H3/b15-10-. The average molecular weight is 363 g/mol. The first-order valence-corrected chi connectivity index (χ1v) is 8.46. The van der Waals surface area contributed by atoms with Crippen LogP contribution >= 0.6 is 11.3 Å². The monoisotopic (exact) mass is 363 g/mol. The van der Waals surface area contributed by atoms with Crippen LogP contribution < -0.4 is 4.74 Å². The summed E-state index contributed by atoms with van der Waals surface area (Å²) < 4.78 is 5.14. The molecule has 0 radical (unpaired) electrons. The van der Waals surface area contributed by atoms with Gasteiger partial charge >= 0.3 is 0 Å². The molecule has 3 rings (SSSR count). The number of nitrogens with zero attached hydrogens (tertiary/aromatic N) is 3. The van der Waals surface area contributed by atoms with Gasteiger partial charge in [-0.2, -0.15) is 5.26 Å². The summed E-state index contributed by atoms with van der Waals surface area (Å²) in [6.45, 7) is 0. The molecule has 0 bridgehead atoms. The minimum absolute atomic E-state index is 0.0489. The number of hydrogen-bond acceptors (Lipinski definition) is 6. The lowest BCUT2D eigenvalue weighted by Crippen LogP contribution is -1.91. The van der Waals surface area contributed by atoms with Crippen LogP contribution in [0.2, 0.25) is 0 Å². The van der Waals surface area contributed by atoms with Gasteiger partial charge < -0.3 is 4.74 Å². The number of rotatable bonds is 5. The van der Waals surface area contributed by atoms with Gasteiger partial charge in [0.15, 0.2) is 0 Å². The summed E-state index contributed by atoms with van der Waals surface area (Å²) in [4.78, 5) is 15.2. The highest BCUT2D eigenvalue weighted by Crippen LogP contribution is 2.29. The summed E-state index contributed by atoms with van der Waals surface area (Å²) in [6, 6.07) is 15.8. The maximum absolute atomic E-state index is 11.1. The molecule has 26 heavy (non-hydrogen) atoms. The van der Waals surface area contributed by atoms with Crippen molar-refractivity contribution >= 4 is 28.7 Å². The summed E-state index contributed by atoms with van der Waals surface area (Å²) in [5, 5.41) is 23.0. The van der Waals surface area contributed by atoms with Gasteiger partial charge in [0.1, 0.15) is 16.8 Å². The van der Waals surface area contributed by atoms with Gasteiger partial charge in [-0.1, -0.05) is 12.1 Å². The lowest BCUT2D eigenvalue weighted by Gasteiger charge is -2.00. The van der Waals surface area contributed by atoms with Crippen molar-refractivity contribution < 1.29 is 9.66 Å². The quantitative estimate of drug-likeness (QED) is 0.369. The van der Waals surface area contributed by atoms with Crippen LogP contribution in [0.4, 0.5) is 5.69 Å². The van der Waals surface area contributed by atoms with Crippen molar-refractivity contribution in [1.29, 1.82) is 5.26 Å². The highest BCUT2D eigenvalue weighted by atomic mass is 32.1. The van der Waals surface area contributed by atoms with Crippen LogP contribution in [0, 0.1) is 21.4 Å². The Labute approximate surface area is 153 Å². The first-order chi connectivity index (χ1) is 12.6. The van der Waals surface area contributed by atoms with Crippen LogP contribution in [0.25, 0.3) is 22.9 Å². The van der Waals surface area contributed by atoms with Crippen molar-refractivity contribution in [1.82, 2.24) is 4.98 Å². The van der Waals surface area contributed by atoms with Crippen LogP contribution in [0.5, 0.6) is 5.75 Å². The minimum Gasteiger partial charge on any atom is -0.497 e. The molecule has 0 amide bonds. The Morgan fingerprint density at radius 2 is 2.00 bits per heavy atom. The zero-order valence-electron chi connectivity index (χ0n) is 13.7. The molecule has 0 N–H and O–H groups in total. The van der Waals surface area contributed by atoms with Crippen LogP contribution in [0.3, 0.4) is 0 Å². The highest BCUT2D eigenvalue weighted by molar-refractivity contribution is 7.11. The Balaban J connectivity index is 1.96. The fourth-order valence-electron chi connectivity index (χ4n) is 2.37. The number of para-hydroxylation sites is 1. The lowest BCUT2D eigenvalue weighted by atomic mass is 10.1. The van der Waals surface area contributed by atoms with E-state index in [-0.39, 0.29) is 11.3 Å². The molecule has 1 aromatic heterocycles. The van der Waals surface area contributed by atoms with Crippen molar-refractivity contribution in [2.24, 2.45) is 0 Å². The van der Waals surface area contributed by atoms with E-state index in [1.165, 1.54) is 23.5 Å². The fraction of sp³-hybridized carbons (Fsp3) is 0.0526. The second kappa shape index (κ2) is 7.59. The molecule has 2 aromatic carbocycles. The molecular weight excluding hydrogens is 350 g/mol. The van der Waals surface area contributed by atoms with Crippen molar-refractivity contribution in [2.45, 2.75) is 0 Å². The number of aromatic nitrogens is 1. The highest BCUT2D eigenvalue weighted by Gasteiger charge is 2.14. The van der Waals surface area contributed by atoms with Crippen LogP contribution in [0.1, 0.15) is 10.6 Å². The van der Waals surface area contributed by atoms with Gasteiger partial charge in [0, 0.05) is 17.0 Å². The summed E-state index contributed by atoms with van der Waals surface area (Å²) >= 11 is 1.32. The predicted octanol–water partition coefficient (Wildman–Crippen LogP) is 4.79. The summed E-state index contributed by atoms with van der Waals surface area (Å²) in [5.74, 6) is 0.748. The van der Waals surface area contributed by atoms with Gasteiger partial charge in [0.05, 0.1) is 28.9 Å². The van der Waals surface area contributed by atoms with E-state index in [9.17, 15) is 15.4 Å². The Morgan fingerprint density at radius 3 is 2.65 bits per heavy atom. The zero-order valence-corrected chi connectivity index (χ0v) is 14.6. The zero-order chi connectivity index (χ0) is 18.5. The van der Waals surface area contributed by atoms with Crippen LogP contribution in [-0.2, 0) is 0 Å². The van der Waals surface area contributed by atoms with Crippen molar-refractivity contribution in [2.75, 3.05) is 7.11 Å². The molecule has 3 aromatic rings. The van der Waals surface area contributed by atoms with E-state index < -0.39 is 4.92 Å². The molecule has 1 heterocycles. The molecule has 0 saturated carbocycles. The lowest BCUT2D eigenvalue weighted by molar-refractivity contribution is -0.385. The first kappa shape index (κ1) is 17.3. The Hall–Kier alpha value is -3.50. The smallest absolute Gasteiger partial charge is 0.276 e. The third-order valence-electron chi connectivity index (χ3n) is 3.67. The molecule has 0 saturated heterocycles. The van der Waals surface area contributed by atoms with Gasteiger partial charge in [0.25, 0.3) is 5.69 Å². The second-order valence-corrected chi connectivity index (χ2v) is 6.11. The number of nitro groups is 1. The number of ether oxygens (including phenoxy) is 1. The number of nitriles is 1. The van der Waals surface area contributed by atoms with E-state index >= 15 is 0 Å². The molecule has 0 atom stereocenters. The van der Waals surface area contributed by atoms with Crippen LogP contribution in [0.15, 0.2) is 53.9 Å². The van der Waals surface area contributed by atoms with Crippen molar-refractivity contribution in [3.8, 4) is 23.1 Å². The van der Waals surface area contributed by atoms with Gasteiger partial charge in [-0.3, -0.25) is 10.1 Å².